The highest BCUT2D eigenvalue weighted by Gasteiger charge is 2.32. The summed E-state index contributed by atoms with van der Waals surface area (Å²) in [6.07, 6.45) is 22.5. The maximum absolute atomic E-state index is 6.37. The second-order valence-corrected chi connectivity index (χ2v) is 8.99. The van der Waals surface area contributed by atoms with E-state index in [0.29, 0.717) is 12.0 Å². The van der Waals surface area contributed by atoms with Crippen molar-refractivity contribution in [1.29, 1.82) is 0 Å². The number of rotatable bonds is 6. The summed E-state index contributed by atoms with van der Waals surface area (Å²) < 4.78 is 6.37. The summed E-state index contributed by atoms with van der Waals surface area (Å²) in [5.41, 5.74) is 0. The number of hydrogen-bond acceptors (Lipinski definition) is 1. The molecule has 2 unspecified atom stereocenters. The van der Waals surface area contributed by atoms with E-state index in [1.807, 2.05) is 0 Å². The lowest BCUT2D eigenvalue weighted by Gasteiger charge is -2.38. The third kappa shape index (κ3) is 4.87. The van der Waals surface area contributed by atoms with Crippen LogP contribution in [0.5, 0.6) is 0 Å². The van der Waals surface area contributed by atoms with Gasteiger partial charge in [0.1, 0.15) is 0 Å². The molecule has 0 saturated heterocycles. The lowest BCUT2D eigenvalue weighted by molar-refractivity contribution is -0.0101. The van der Waals surface area contributed by atoms with Crippen molar-refractivity contribution in [3.63, 3.8) is 0 Å². The zero-order chi connectivity index (χ0) is 16.8. The van der Waals surface area contributed by atoms with Crippen LogP contribution in [0.3, 0.4) is 0 Å². The smallest absolute Gasteiger partial charge is 0.0784 e. The molecular weight excluding hydrogens is 292 g/mol. The van der Waals surface area contributed by atoms with Gasteiger partial charge in [-0.05, 0) is 49.4 Å². The van der Waals surface area contributed by atoms with Crippen molar-refractivity contribution in [2.45, 2.75) is 97.0 Å². The van der Waals surface area contributed by atoms with E-state index in [9.17, 15) is 0 Å². The largest absolute Gasteiger partial charge is 0.373 e. The Morgan fingerprint density at radius 2 is 1.25 bits per heavy atom. The molecule has 24 heavy (non-hydrogen) atoms. The SMILES string of the molecule is CCCC1CCC(C2C=CC(C3CCC(CCC)CC3)OC2)CC1. The summed E-state index contributed by atoms with van der Waals surface area (Å²) in [5, 5.41) is 0. The summed E-state index contributed by atoms with van der Waals surface area (Å²) in [5.74, 6) is 4.43. The first-order chi connectivity index (χ1) is 11.8. The summed E-state index contributed by atoms with van der Waals surface area (Å²) >= 11 is 0. The first kappa shape index (κ1) is 18.5. The van der Waals surface area contributed by atoms with Crippen LogP contribution in [0, 0.1) is 29.6 Å². The molecule has 3 aliphatic rings. The molecule has 1 nitrogen and oxygen atoms in total. The fourth-order valence-corrected chi connectivity index (χ4v) is 5.70. The van der Waals surface area contributed by atoms with Gasteiger partial charge in [-0.2, -0.15) is 0 Å². The zero-order valence-electron chi connectivity index (χ0n) is 16.2. The van der Waals surface area contributed by atoms with Crippen molar-refractivity contribution in [1.82, 2.24) is 0 Å². The first-order valence-electron chi connectivity index (χ1n) is 11.1. The van der Waals surface area contributed by atoms with Gasteiger partial charge in [-0.1, -0.05) is 77.4 Å². The lowest BCUT2D eigenvalue weighted by atomic mass is 9.73. The highest BCUT2D eigenvalue weighted by atomic mass is 16.5. The van der Waals surface area contributed by atoms with Gasteiger partial charge >= 0.3 is 0 Å². The van der Waals surface area contributed by atoms with E-state index < -0.39 is 0 Å². The molecule has 0 aromatic carbocycles. The molecule has 2 aliphatic carbocycles. The molecule has 0 aromatic heterocycles. The van der Waals surface area contributed by atoms with Crippen LogP contribution in [0.4, 0.5) is 0 Å². The summed E-state index contributed by atoms with van der Waals surface area (Å²) in [6, 6.07) is 0. The van der Waals surface area contributed by atoms with Gasteiger partial charge in [0.2, 0.25) is 0 Å². The third-order valence-electron chi connectivity index (χ3n) is 7.28. The topological polar surface area (TPSA) is 9.23 Å². The minimum Gasteiger partial charge on any atom is -0.373 e. The van der Waals surface area contributed by atoms with Crippen molar-refractivity contribution in [2.24, 2.45) is 29.6 Å². The van der Waals surface area contributed by atoms with Gasteiger partial charge in [0.05, 0.1) is 12.7 Å². The Kier molecular flexibility index (Phi) is 7.25. The van der Waals surface area contributed by atoms with Crippen molar-refractivity contribution >= 4 is 0 Å². The highest BCUT2D eigenvalue weighted by molar-refractivity contribution is 5.03. The molecule has 2 atom stereocenters. The van der Waals surface area contributed by atoms with Gasteiger partial charge < -0.3 is 4.74 Å². The molecule has 1 aliphatic heterocycles. The molecule has 0 radical (unpaired) electrons. The van der Waals surface area contributed by atoms with Crippen LogP contribution in [0.15, 0.2) is 12.2 Å². The van der Waals surface area contributed by atoms with Crippen LogP contribution in [0.25, 0.3) is 0 Å². The van der Waals surface area contributed by atoms with Crippen molar-refractivity contribution in [3.05, 3.63) is 12.2 Å². The lowest BCUT2D eigenvalue weighted by Crippen LogP contribution is -2.34. The molecule has 0 aromatic rings. The van der Waals surface area contributed by atoms with E-state index >= 15 is 0 Å². The quantitative estimate of drug-likeness (QED) is 0.488. The Morgan fingerprint density at radius 1 is 0.708 bits per heavy atom. The van der Waals surface area contributed by atoms with Crippen molar-refractivity contribution in [3.8, 4) is 0 Å². The first-order valence-corrected chi connectivity index (χ1v) is 11.1. The van der Waals surface area contributed by atoms with Crippen LogP contribution >= 0.6 is 0 Å². The molecule has 1 heteroatoms. The van der Waals surface area contributed by atoms with Crippen LogP contribution in [0.1, 0.15) is 90.9 Å². The van der Waals surface area contributed by atoms with E-state index in [1.165, 1.54) is 77.0 Å². The standard InChI is InChI=1S/C23H40O/c1-3-5-18-7-11-20(12-8-18)22-15-16-23(24-17-22)21-13-9-19(6-4-2)10-14-21/h15-16,18-23H,3-14,17H2,1-2H3. The van der Waals surface area contributed by atoms with Gasteiger partial charge in [0, 0.05) is 5.92 Å². The van der Waals surface area contributed by atoms with Gasteiger partial charge in [0.15, 0.2) is 0 Å². The van der Waals surface area contributed by atoms with Crippen LogP contribution in [0.2, 0.25) is 0 Å². The molecular formula is C23H40O. The fourth-order valence-electron chi connectivity index (χ4n) is 5.70. The minimum atomic E-state index is 0.431. The molecule has 1 heterocycles. The molecule has 2 fully saturated rings. The van der Waals surface area contributed by atoms with E-state index in [0.717, 1.165) is 30.3 Å². The predicted octanol–water partition coefficient (Wildman–Crippen LogP) is 6.77. The Labute approximate surface area is 150 Å². The second-order valence-electron chi connectivity index (χ2n) is 8.99. The highest BCUT2D eigenvalue weighted by Crippen LogP contribution is 2.39. The zero-order valence-corrected chi connectivity index (χ0v) is 16.2. The second kappa shape index (κ2) is 9.41. The van der Waals surface area contributed by atoms with E-state index in [2.05, 4.69) is 26.0 Å². The van der Waals surface area contributed by atoms with Gasteiger partial charge in [-0.15, -0.1) is 0 Å². The van der Waals surface area contributed by atoms with Crippen LogP contribution < -0.4 is 0 Å². The van der Waals surface area contributed by atoms with Crippen LogP contribution in [-0.2, 0) is 4.74 Å². The molecule has 138 valence electrons. The Hall–Kier alpha value is -0.300. The van der Waals surface area contributed by atoms with E-state index in [1.54, 1.807) is 0 Å². The van der Waals surface area contributed by atoms with Gasteiger partial charge in [0.25, 0.3) is 0 Å². The minimum absolute atomic E-state index is 0.431. The molecule has 0 amide bonds. The maximum atomic E-state index is 6.37. The number of hydrogen-bond donors (Lipinski definition) is 0. The van der Waals surface area contributed by atoms with Gasteiger partial charge in [-0.25, -0.2) is 0 Å². The Morgan fingerprint density at radius 3 is 1.71 bits per heavy atom. The van der Waals surface area contributed by atoms with Crippen molar-refractivity contribution in [2.75, 3.05) is 6.61 Å². The molecule has 2 saturated carbocycles. The molecule has 0 spiro atoms. The third-order valence-corrected chi connectivity index (χ3v) is 7.28. The van der Waals surface area contributed by atoms with Gasteiger partial charge in [-0.3, -0.25) is 0 Å². The monoisotopic (exact) mass is 332 g/mol. The van der Waals surface area contributed by atoms with E-state index in [4.69, 9.17) is 4.74 Å². The Balaban J connectivity index is 1.42. The Bertz CT molecular complexity index is 335. The average molecular weight is 333 g/mol. The maximum Gasteiger partial charge on any atom is 0.0784 e. The van der Waals surface area contributed by atoms with Crippen molar-refractivity contribution < 1.29 is 4.74 Å². The molecule has 0 bridgehead atoms. The van der Waals surface area contributed by atoms with Crippen LogP contribution in [-0.4, -0.2) is 12.7 Å². The average Bonchev–Trinajstić information content (AvgIpc) is 2.64. The summed E-state index contributed by atoms with van der Waals surface area (Å²) in [7, 11) is 0. The fraction of sp³-hybridized carbons (Fsp3) is 0.913. The predicted molar refractivity (Wildman–Crippen MR) is 103 cm³/mol. The molecule has 3 rings (SSSR count). The normalized spacial score (nSPS) is 40.6. The summed E-state index contributed by atoms with van der Waals surface area (Å²) in [6.45, 7) is 5.66. The number of ether oxygens (including phenoxy) is 1. The molecule has 0 N–H and O–H groups in total. The van der Waals surface area contributed by atoms with E-state index in [-0.39, 0.29) is 0 Å². The summed E-state index contributed by atoms with van der Waals surface area (Å²) in [4.78, 5) is 0.